The molecule has 0 bridgehead atoms. The third-order valence-corrected chi connectivity index (χ3v) is 5.75. The van der Waals surface area contributed by atoms with Gasteiger partial charge in [-0.3, -0.25) is 4.98 Å². The Balaban J connectivity index is 0.000000360. The van der Waals surface area contributed by atoms with Crippen LogP contribution in [0.3, 0.4) is 0 Å². The van der Waals surface area contributed by atoms with Crippen molar-refractivity contribution in [2.75, 3.05) is 18.0 Å². The van der Waals surface area contributed by atoms with Crippen LogP contribution >= 0.6 is 11.3 Å². The Labute approximate surface area is 186 Å². The van der Waals surface area contributed by atoms with E-state index in [4.69, 9.17) is 9.90 Å². The summed E-state index contributed by atoms with van der Waals surface area (Å²) >= 11 is 1.62. The standard InChI is InChI=1S/C19H21N5S.C2HF3O2/c1-2-6-15(7-3-1)14-21-16-9-12-24(13-10-16)19-23-22-18(25-19)17-8-4-5-11-20-17;3-2(4,5)1(6)7/h1-8,11,16,21H,9-10,12-14H2;(H,6,7). The van der Waals surface area contributed by atoms with E-state index in [1.807, 2.05) is 18.2 Å². The molecule has 0 spiro atoms. The Bertz CT molecular complexity index is 978. The number of carboxylic acids is 1. The molecule has 1 aromatic carbocycles. The van der Waals surface area contributed by atoms with Crippen molar-refractivity contribution in [1.29, 1.82) is 0 Å². The minimum absolute atomic E-state index is 0.569. The van der Waals surface area contributed by atoms with Gasteiger partial charge in [-0.1, -0.05) is 47.7 Å². The molecule has 11 heteroatoms. The monoisotopic (exact) mass is 465 g/mol. The van der Waals surface area contributed by atoms with Gasteiger partial charge >= 0.3 is 12.1 Å². The molecule has 170 valence electrons. The molecule has 0 aliphatic carbocycles. The molecule has 2 N–H and O–H groups in total. The molecule has 1 fully saturated rings. The first-order chi connectivity index (χ1) is 15.3. The number of carboxylic acid groups (broad SMARTS) is 1. The minimum Gasteiger partial charge on any atom is -0.475 e. The summed E-state index contributed by atoms with van der Waals surface area (Å²) in [4.78, 5) is 15.6. The summed E-state index contributed by atoms with van der Waals surface area (Å²) in [6, 6.07) is 17.0. The van der Waals surface area contributed by atoms with Gasteiger partial charge in [-0.2, -0.15) is 13.2 Å². The van der Waals surface area contributed by atoms with Crippen LogP contribution in [0.1, 0.15) is 18.4 Å². The van der Waals surface area contributed by atoms with Crippen LogP contribution in [0.2, 0.25) is 0 Å². The van der Waals surface area contributed by atoms with Crippen molar-refractivity contribution < 1.29 is 23.1 Å². The number of pyridine rings is 1. The van der Waals surface area contributed by atoms with Crippen LogP contribution in [0.5, 0.6) is 0 Å². The van der Waals surface area contributed by atoms with E-state index in [2.05, 4.69) is 55.7 Å². The molecule has 0 unspecified atom stereocenters. The van der Waals surface area contributed by atoms with Crippen molar-refractivity contribution in [3.8, 4) is 10.7 Å². The van der Waals surface area contributed by atoms with Gasteiger partial charge in [0.15, 0.2) is 5.01 Å². The highest BCUT2D eigenvalue weighted by atomic mass is 32.1. The Morgan fingerprint density at radius 1 is 1.09 bits per heavy atom. The summed E-state index contributed by atoms with van der Waals surface area (Å²) in [5.74, 6) is -2.76. The predicted molar refractivity (Wildman–Crippen MR) is 115 cm³/mol. The first-order valence-corrected chi connectivity index (χ1v) is 10.7. The van der Waals surface area contributed by atoms with Gasteiger partial charge < -0.3 is 15.3 Å². The summed E-state index contributed by atoms with van der Waals surface area (Å²) < 4.78 is 31.7. The molecule has 3 heterocycles. The normalized spacial score (nSPS) is 14.5. The number of carbonyl (C=O) groups is 1. The van der Waals surface area contributed by atoms with Gasteiger partial charge in [-0.15, -0.1) is 10.2 Å². The maximum atomic E-state index is 10.6. The lowest BCUT2D eigenvalue weighted by atomic mass is 10.1. The number of nitrogens with zero attached hydrogens (tertiary/aromatic N) is 4. The first-order valence-electron chi connectivity index (χ1n) is 9.90. The third kappa shape index (κ3) is 6.99. The SMILES string of the molecule is O=C(O)C(F)(F)F.c1ccc(CNC2CCN(c3nnc(-c4ccccn4)s3)CC2)cc1. The molecular formula is C21H22F3N5O2S. The average Bonchev–Trinajstić information content (AvgIpc) is 3.29. The number of rotatable bonds is 5. The smallest absolute Gasteiger partial charge is 0.475 e. The maximum Gasteiger partial charge on any atom is 0.490 e. The molecule has 1 aliphatic rings. The van der Waals surface area contributed by atoms with Crippen molar-refractivity contribution >= 4 is 22.4 Å². The fraction of sp³-hybridized carbons (Fsp3) is 0.333. The van der Waals surface area contributed by atoms with Gasteiger partial charge in [0.25, 0.3) is 0 Å². The van der Waals surface area contributed by atoms with Crippen LogP contribution in [0.15, 0.2) is 54.7 Å². The van der Waals surface area contributed by atoms with E-state index in [-0.39, 0.29) is 0 Å². The Hall–Kier alpha value is -3.05. The summed E-state index contributed by atoms with van der Waals surface area (Å²) in [6.07, 6.45) is -1.03. The number of aliphatic carboxylic acids is 1. The topological polar surface area (TPSA) is 91.2 Å². The van der Waals surface area contributed by atoms with Crippen molar-refractivity contribution in [2.24, 2.45) is 0 Å². The van der Waals surface area contributed by atoms with Crippen molar-refractivity contribution in [3.05, 3.63) is 60.3 Å². The average molecular weight is 466 g/mol. The van der Waals surface area contributed by atoms with Crippen LogP contribution in [0, 0.1) is 0 Å². The van der Waals surface area contributed by atoms with Crippen molar-refractivity contribution in [3.63, 3.8) is 0 Å². The number of aromatic nitrogens is 3. The second-order valence-electron chi connectivity index (χ2n) is 7.04. The number of benzene rings is 1. The van der Waals surface area contributed by atoms with E-state index < -0.39 is 12.1 Å². The van der Waals surface area contributed by atoms with E-state index in [9.17, 15) is 13.2 Å². The van der Waals surface area contributed by atoms with Crippen LogP contribution in [0.25, 0.3) is 10.7 Å². The highest BCUT2D eigenvalue weighted by Crippen LogP contribution is 2.29. The Kier molecular flexibility index (Phi) is 8.12. The van der Waals surface area contributed by atoms with E-state index in [1.165, 1.54) is 5.56 Å². The zero-order valence-corrected chi connectivity index (χ0v) is 17.8. The highest BCUT2D eigenvalue weighted by molar-refractivity contribution is 7.18. The van der Waals surface area contributed by atoms with Gasteiger partial charge in [0.1, 0.15) is 5.69 Å². The Morgan fingerprint density at radius 2 is 1.75 bits per heavy atom. The van der Waals surface area contributed by atoms with Crippen molar-refractivity contribution in [1.82, 2.24) is 20.5 Å². The molecule has 0 atom stereocenters. The largest absolute Gasteiger partial charge is 0.490 e. The number of piperidine rings is 1. The molecule has 3 aromatic rings. The zero-order chi connectivity index (χ0) is 23.0. The summed E-state index contributed by atoms with van der Waals surface area (Å²) in [6.45, 7) is 2.97. The maximum absolute atomic E-state index is 10.6. The van der Waals surface area contributed by atoms with Gasteiger partial charge in [0, 0.05) is 31.9 Å². The Morgan fingerprint density at radius 3 is 2.34 bits per heavy atom. The molecule has 2 aromatic heterocycles. The first kappa shape index (κ1) is 23.6. The fourth-order valence-corrected chi connectivity index (χ4v) is 3.94. The molecule has 4 rings (SSSR count). The molecule has 0 amide bonds. The molecule has 0 radical (unpaired) electrons. The van der Waals surface area contributed by atoms with Crippen LogP contribution < -0.4 is 10.2 Å². The van der Waals surface area contributed by atoms with Gasteiger partial charge in [0.05, 0.1) is 0 Å². The minimum atomic E-state index is -5.08. The number of hydrogen-bond donors (Lipinski definition) is 2. The third-order valence-electron chi connectivity index (χ3n) is 4.74. The summed E-state index contributed by atoms with van der Waals surface area (Å²) in [5, 5.41) is 21.4. The van der Waals surface area contributed by atoms with Crippen LogP contribution in [0.4, 0.5) is 18.3 Å². The van der Waals surface area contributed by atoms with Gasteiger partial charge in [-0.05, 0) is 30.5 Å². The van der Waals surface area contributed by atoms with Crippen LogP contribution in [-0.2, 0) is 11.3 Å². The van der Waals surface area contributed by atoms with Gasteiger partial charge in [-0.25, -0.2) is 4.79 Å². The second kappa shape index (κ2) is 11.0. The lowest BCUT2D eigenvalue weighted by Gasteiger charge is -2.32. The molecule has 0 saturated carbocycles. The van der Waals surface area contributed by atoms with E-state index in [0.29, 0.717) is 6.04 Å². The number of nitrogens with one attached hydrogen (secondary N) is 1. The zero-order valence-electron chi connectivity index (χ0n) is 17.0. The van der Waals surface area contributed by atoms with Crippen molar-refractivity contribution in [2.45, 2.75) is 31.6 Å². The molecule has 7 nitrogen and oxygen atoms in total. The van der Waals surface area contributed by atoms with E-state index in [1.54, 1.807) is 17.5 Å². The van der Waals surface area contributed by atoms with Crippen LogP contribution in [-0.4, -0.2) is 51.6 Å². The molecular weight excluding hydrogens is 443 g/mol. The van der Waals surface area contributed by atoms with E-state index >= 15 is 0 Å². The number of alkyl halides is 3. The highest BCUT2D eigenvalue weighted by Gasteiger charge is 2.38. The number of halogens is 3. The predicted octanol–water partition coefficient (Wildman–Crippen LogP) is 3.99. The lowest BCUT2D eigenvalue weighted by Crippen LogP contribution is -2.42. The molecule has 1 saturated heterocycles. The fourth-order valence-electron chi connectivity index (χ4n) is 3.07. The van der Waals surface area contributed by atoms with E-state index in [0.717, 1.165) is 48.3 Å². The lowest BCUT2D eigenvalue weighted by molar-refractivity contribution is -0.192. The second-order valence-corrected chi connectivity index (χ2v) is 7.99. The molecule has 1 aliphatic heterocycles. The molecule has 32 heavy (non-hydrogen) atoms. The quantitative estimate of drug-likeness (QED) is 0.589. The van der Waals surface area contributed by atoms with Gasteiger partial charge in [0.2, 0.25) is 5.13 Å². The summed E-state index contributed by atoms with van der Waals surface area (Å²) in [5.41, 5.74) is 2.24. The number of hydrogen-bond acceptors (Lipinski definition) is 7. The number of anilines is 1. The summed E-state index contributed by atoms with van der Waals surface area (Å²) in [7, 11) is 0.